The van der Waals surface area contributed by atoms with Gasteiger partial charge in [0.25, 0.3) is 0 Å². The number of nitrogens with two attached hydrogens (primary N) is 1. The SMILES string of the molecule is CC1(C)CN(C2=NC(c3n[nH]c4ccccc34)=C(C(F)(F)F)CC=C2)CCC1N. The third kappa shape index (κ3) is 3.69. The maximum Gasteiger partial charge on any atom is 0.415 e. The first-order chi connectivity index (χ1) is 13.7. The summed E-state index contributed by atoms with van der Waals surface area (Å²) in [6, 6.07) is 7.18. The van der Waals surface area contributed by atoms with Gasteiger partial charge in [-0.15, -0.1) is 0 Å². The third-order valence-electron chi connectivity index (χ3n) is 5.77. The average molecular weight is 403 g/mol. The Balaban J connectivity index is 1.84. The highest BCUT2D eigenvalue weighted by atomic mass is 19.4. The first-order valence-electron chi connectivity index (χ1n) is 9.66. The summed E-state index contributed by atoms with van der Waals surface area (Å²) in [4.78, 5) is 6.54. The van der Waals surface area contributed by atoms with Crippen LogP contribution in [0.4, 0.5) is 13.2 Å². The molecule has 4 rings (SSSR count). The molecular weight excluding hydrogens is 379 g/mol. The van der Waals surface area contributed by atoms with E-state index in [-0.39, 0.29) is 29.3 Å². The molecule has 8 heteroatoms. The number of para-hydroxylation sites is 1. The minimum atomic E-state index is -4.50. The van der Waals surface area contributed by atoms with E-state index < -0.39 is 11.7 Å². The number of aromatic amines is 1. The van der Waals surface area contributed by atoms with Gasteiger partial charge in [-0.05, 0) is 30.4 Å². The Morgan fingerprint density at radius 2 is 2.00 bits per heavy atom. The Morgan fingerprint density at radius 3 is 2.72 bits per heavy atom. The number of alkyl halides is 3. The highest BCUT2D eigenvalue weighted by Crippen LogP contribution is 2.39. The molecule has 1 aromatic carbocycles. The van der Waals surface area contributed by atoms with Gasteiger partial charge in [-0.25, -0.2) is 4.99 Å². The lowest BCUT2D eigenvalue weighted by Gasteiger charge is -2.43. The number of allylic oxidation sites excluding steroid dienone is 2. The van der Waals surface area contributed by atoms with Crippen molar-refractivity contribution >= 4 is 22.4 Å². The Hall–Kier alpha value is -2.61. The van der Waals surface area contributed by atoms with Crippen LogP contribution in [0.3, 0.4) is 0 Å². The lowest BCUT2D eigenvalue weighted by molar-refractivity contribution is -0.0923. The van der Waals surface area contributed by atoms with Crippen LogP contribution in [0.2, 0.25) is 0 Å². The highest BCUT2D eigenvalue weighted by Gasteiger charge is 2.39. The fourth-order valence-corrected chi connectivity index (χ4v) is 3.93. The number of fused-ring (bicyclic) bond motifs is 1. The molecule has 29 heavy (non-hydrogen) atoms. The maximum atomic E-state index is 13.9. The average Bonchev–Trinajstić information content (AvgIpc) is 2.94. The number of piperidine rings is 1. The van der Waals surface area contributed by atoms with Crippen LogP contribution in [0.15, 0.2) is 47.0 Å². The second-order valence-corrected chi connectivity index (χ2v) is 8.32. The molecule has 2 aliphatic rings. The predicted molar refractivity (Wildman–Crippen MR) is 108 cm³/mol. The van der Waals surface area contributed by atoms with E-state index in [1.54, 1.807) is 24.3 Å². The van der Waals surface area contributed by atoms with Crippen LogP contribution in [0, 0.1) is 5.41 Å². The van der Waals surface area contributed by atoms with Gasteiger partial charge < -0.3 is 10.6 Å². The Labute approximate surface area is 167 Å². The molecule has 5 nitrogen and oxygen atoms in total. The monoisotopic (exact) mass is 403 g/mol. The van der Waals surface area contributed by atoms with E-state index in [4.69, 9.17) is 5.73 Å². The molecule has 3 N–H and O–H groups in total. The molecule has 0 amide bonds. The highest BCUT2D eigenvalue weighted by molar-refractivity contribution is 6.00. The fraction of sp³-hybridized carbons (Fsp3) is 0.429. The summed E-state index contributed by atoms with van der Waals surface area (Å²) in [5, 5.41) is 7.63. The molecule has 0 radical (unpaired) electrons. The summed E-state index contributed by atoms with van der Waals surface area (Å²) in [6.45, 7) is 5.44. The van der Waals surface area contributed by atoms with E-state index in [0.29, 0.717) is 29.8 Å². The number of likely N-dealkylation sites (tertiary alicyclic amines) is 1. The molecular formula is C21H24F3N5. The lowest BCUT2D eigenvalue weighted by atomic mass is 9.79. The molecule has 3 heterocycles. The Morgan fingerprint density at radius 1 is 1.24 bits per heavy atom. The summed E-state index contributed by atoms with van der Waals surface area (Å²) in [5.41, 5.74) is 6.16. The summed E-state index contributed by atoms with van der Waals surface area (Å²) in [6.07, 6.45) is -0.770. The molecule has 1 unspecified atom stereocenters. The first-order valence-corrected chi connectivity index (χ1v) is 9.66. The zero-order chi connectivity index (χ0) is 20.8. The zero-order valence-electron chi connectivity index (χ0n) is 16.4. The molecule has 2 aliphatic heterocycles. The first kappa shape index (κ1) is 19.7. The van der Waals surface area contributed by atoms with E-state index in [0.717, 1.165) is 6.42 Å². The van der Waals surface area contributed by atoms with Gasteiger partial charge in [-0.2, -0.15) is 18.3 Å². The molecule has 0 bridgehead atoms. The molecule has 2 aromatic rings. The van der Waals surface area contributed by atoms with Crippen LogP contribution < -0.4 is 5.73 Å². The number of rotatable bonds is 1. The number of nitrogens with zero attached hydrogens (tertiary/aromatic N) is 3. The number of nitrogens with one attached hydrogen (secondary N) is 1. The van der Waals surface area contributed by atoms with Gasteiger partial charge in [0.15, 0.2) is 0 Å². The van der Waals surface area contributed by atoms with Crippen molar-refractivity contribution in [3.8, 4) is 0 Å². The Kier molecular flexibility index (Phi) is 4.77. The van der Waals surface area contributed by atoms with Crippen LogP contribution in [-0.4, -0.2) is 46.2 Å². The van der Waals surface area contributed by atoms with E-state index >= 15 is 0 Å². The van der Waals surface area contributed by atoms with Crippen LogP contribution in [-0.2, 0) is 0 Å². The largest absolute Gasteiger partial charge is 0.415 e. The number of aromatic nitrogens is 2. The molecule has 0 saturated carbocycles. The molecule has 1 aromatic heterocycles. The van der Waals surface area contributed by atoms with Crippen molar-refractivity contribution in [2.45, 2.75) is 38.9 Å². The molecule has 154 valence electrons. The van der Waals surface area contributed by atoms with Crippen molar-refractivity contribution in [3.63, 3.8) is 0 Å². The van der Waals surface area contributed by atoms with Gasteiger partial charge in [0.05, 0.1) is 11.1 Å². The number of halogens is 3. The van der Waals surface area contributed by atoms with Crippen molar-refractivity contribution in [2.75, 3.05) is 13.1 Å². The number of amidine groups is 1. The standard InChI is InChI=1S/C21H24F3N5/c1-20(2)12-29(11-10-16(20)25)17-9-5-7-14(21(22,23)24)19(26-17)18-13-6-3-4-8-15(13)27-28-18/h3-6,8-9,16H,7,10-12,25H2,1-2H3,(H,27,28). The van der Waals surface area contributed by atoms with Gasteiger partial charge in [-0.3, -0.25) is 5.10 Å². The predicted octanol–water partition coefficient (Wildman–Crippen LogP) is 4.25. The zero-order valence-corrected chi connectivity index (χ0v) is 16.4. The molecule has 1 fully saturated rings. The summed E-state index contributed by atoms with van der Waals surface area (Å²) in [5.74, 6) is 0.520. The molecule has 0 spiro atoms. The number of H-pyrrole nitrogens is 1. The fourth-order valence-electron chi connectivity index (χ4n) is 3.93. The minimum Gasteiger partial charge on any atom is -0.356 e. The van der Waals surface area contributed by atoms with Gasteiger partial charge in [-0.1, -0.05) is 38.1 Å². The minimum absolute atomic E-state index is 0.0464. The maximum absolute atomic E-state index is 13.9. The van der Waals surface area contributed by atoms with E-state index in [2.05, 4.69) is 29.0 Å². The quantitative estimate of drug-likeness (QED) is 0.748. The molecule has 1 saturated heterocycles. The number of hydrogen-bond acceptors (Lipinski definition) is 4. The smallest absolute Gasteiger partial charge is 0.356 e. The van der Waals surface area contributed by atoms with Crippen LogP contribution in [0.25, 0.3) is 16.6 Å². The summed E-state index contributed by atoms with van der Waals surface area (Å²) < 4.78 is 41.6. The normalized spacial score (nSPS) is 22.8. The van der Waals surface area contributed by atoms with Crippen LogP contribution in [0.5, 0.6) is 0 Å². The molecule has 1 atom stereocenters. The topological polar surface area (TPSA) is 70.3 Å². The van der Waals surface area contributed by atoms with Crippen molar-refractivity contribution < 1.29 is 13.2 Å². The van der Waals surface area contributed by atoms with Crippen molar-refractivity contribution in [1.82, 2.24) is 15.1 Å². The Bertz CT molecular complexity index is 1010. The van der Waals surface area contributed by atoms with Crippen LogP contribution >= 0.6 is 0 Å². The number of aliphatic imine (C=N–C) groups is 1. The van der Waals surface area contributed by atoms with E-state index in [9.17, 15) is 13.2 Å². The van der Waals surface area contributed by atoms with Gasteiger partial charge >= 0.3 is 6.18 Å². The number of benzene rings is 1. The third-order valence-corrected chi connectivity index (χ3v) is 5.77. The van der Waals surface area contributed by atoms with Crippen molar-refractivity contribution in [3.05, 3.63) is 47.7 Å². The van der Waals surface area contributed by atoms with Gasteiger partial charge in [0, 0.05) is 24.5 Å². The van der Waals surface area contributed by atoms with E-state index in [1.807, 2.05) is 11.0 Å². The second kappa shape index (κ2) is 7.02. The molecule has 0 aliphatic carbocycles. The summed E-state index contributed by atoms with van der Waals surface area (Å²) >= 11 is 0. The van der Waals surface area contributed by atoms with Crippen molar-refractivity contribution in [2.24, 2.45) is 16.1 Å². The summed E-state index contributed by atoms with van der Waals surface area (Å²) in [7, 11) is 0. The second-order valence-electron chi connectivity index (χ2n) is 8.32. The van der Waals surface area contributed by atoms with Gasteiger partial charge in [0.2, 0.25) is 0 Å². The lowest BCUT2D eigenvalue weighted by Crippen LogP contribution is -2.53. The number of hydrogen-bond donors (Lipinski definition) is 2. The van der Waals surface area contributed by atoms with Crippen molar-refractivity contribution in [1.29, 1.82) is 0 Å². The van der Waals surface area contributed by atoms with E-state index in [1.165, 1.54) is 6.08 Å². The van der Waals surface area contributed by atoms with Gasteiger partial charge in [0.1, 0.15) is 17.2 Å². The van der Waals surface area contributed by atoms with Crippen LogP contribution in [0.1, 0.15) is 32.4 Å².